The van der Waals surface area contributed by atoms with Crippen LogP contribution in [0.2, 0.25) is 0 Å². The van der Waals surface area contributed by atoms with Crippen molar-refractivity contribution in [3.05, 3.63) is 36.0 Å². The number of amides is 1. The first-order chi connectivity index (χ1) is 10.6. The van der Waals surface area contributed by atoms with Crippen molar-refractivity contribution in [1.82, 2.24) is 14.9 Å². The molecule has 3 rings (SSSR count). The highest BCUT2D eigenvalue weighted by Crippen LogP contribution is 2.32. The number of aryl methyl sites for hydroxylation is 2. The van der Waals surface area contributed by atoms with Crippen molar-refractivity contribution in [2.75, 3.05) is 0 Å². The highest BCUT2D eigenvalue weighted by atomic mass is 32.2. The lowest BCUT2D eigenvalue weighted by Crippen LogP contribution is -2.38. The van der Waals surface area contributed by atoms with Crippen LogP contribution in [0.5, 0.6) is 0 Å². The Morgan fingerprint density at radius 3 is 2.77 bits per heavy atom. The van der Waals surface area contributed by atoms with Crippen molar-refractivity contribution >= 4 is 17.7 Å². The average Bonchev–Trinajstić information content (AvgIpc) is 3.10. The lowest BCUT2D eigenvalue weighted by molar-refractivity contribution is 0.0899. The lowest BCUT2D eigenvalue weighted by atomic mass is 9.95. The molecule has 0 radical (unpaired) electrons. The van der Waals surface area contributed by atoms with Crippen molar-refractivity contribution < 1.29 is 9.21 Å². The van der Waals surface area contributed by atoms with Crippen molar-refractivity contribution in [1.29, 1.82) is 0 Å². The first-order valence-corrected chi connectivity index (χ1v) is 8.50. The normalized spacial score (nSPS) is 21.7. The summed E-state index contributed by atoms with van der Waals surface area (Å²) >= 11 is 1.84. The van der Waals surface area contributed by atoms with E-state index in [-0.39, 0.29) is 11.9 Å². The summed E-state index contributed by atoms with van der Waals surface area (Å²) in [4.78, 5) is 16.5. The van der Waals surface area contributed by atoms with E-state index in [9.17, 15) is 4.79 Å². The Balaban J connectivity index is 1.49. The van der Waals surface area contributed by atoms with Crippen LogP contribution in [-0.4, -0.2) is 26.8 Å². The Kier molecular flexibility index (Phi) is 4.57. The zero-order valence-corrected chi connectivity index (χ0v) is 13.7. The van der Waals surface area contributed by atoms with Crippen molar-refractivity contribution in [3.63, 3.8) is 0 Å². The number of rotatable bonds is 4. The van der Waals surface area contributed by atoms with E-state index in [1.165, 1.54) is 0 Å². The molecule has 1 aliphatic carbocycles. The minimum absolute atomic E-state index is 0.0947. The highest BCUT2D eigenvalue weighted by Gasteiger charge is 2.25. The fourth-order valence-corrected chi connectivity index (χ4v) is 3.95. The Morgan fingerprint density at radius 1 is 1.41 bits per heavy atom. The van der Waals surface area contributed by atoms with Gasteiger partial charge in [-0.3, -0.25) is 4.79 Å². The van der Waals surface area contributed by atoms with Crippen LogP contribution >= 0.6 is 11.8 Å². The van der Waals surface area contributed by atoms with Gasteiger partial charge < -0.3 is 14.3 Å². The zero-order chi connectivity index (χ0) is 15.5. The van der Waals surface area contributed by atoms with Gasteiger partial charge >= 0.3 is 0 Å². The predicted octanol–water partition coefficient (Wildman–Crippen LogP) is 3.15. The minimum Gasteiger partial charge on any atom is -0.459 e. The van der Waals surface area contributed by atoms with Crippen LogP contribution in [0, 0.1) is 6.92 Å². The third-order valence-corrected chi connectivity index (χ3v) is 5.54. The maximum Gasteiger partial charge on any atom is 0.287 e. The lowest BCUT2D eigenvalue weighted by Gasteiger charge is -2.28. The van der Waals surface area contributed by atoms with Crippen molar-refractivity contribution in [2.45, 2.75) is 49.1 Å². The maximum atomic E-state index is 12.2. The summed E-state index contributed by atoms with van der Waals surface area (Å²) in [6.45, 7) is 1.89. The second kappa shape index (κ2) is 6.60. The number of carbonyl (C=O) groups is 1. The van der Waals surface area contributed by atoms with Gasteiger partial charge in [-0.2, -0.15) is 0 Å². The van der Waals surface area contributed by atoms with Crippen molar-refractivity contribution in [2.24, 2.45) is 7.05 Å². The molecular formula is C16H21N3O2S. The van der Waals surface area contributed by atoms with Crippen LogP contribution in [0.15, 0.2) is 34.3 Å². The Hall–Kier alpha value is -1.69. The second-order valence-corrected chi connectivity index (χ2v) is 7.09. The van der Waals surface area contributed by atoms with Crippen LogP contribution in [0.4, 0.5) is 0 Å². The summed E-state index contributed by atoms with van der Waals surface area (Å²) in [5, 5.41) is 4.74. The molecule has 2 aromatic heterocycles. The Bertz CT molecular complexity index is 641. The number of imidazole rings is 1. The zero-order valence-electron chi connectivity index (χ0n) is 12.9. The summed E-state index contributed by atoms with van der Waals surface area (Å²) in [6, 6.07) is 2.06. The smallest absolute Gasteiger partial charge is 0.287 e. The van der Waals surface area contributed by atoms with E-state index in [0.717, 1.165) is 36.4 Å². The number of hydrogen-bond donors (Lipinski definition) is 1. The van der Waals surface area contributed by atoms with Crippen LogP contribution in [0.3, 0.4) is 0 Å². The van der Waals surface area contributed by atoms with Gasteiger partial charge in [0.2, 0.25) is 0 Å². The fraction of sp³-hybridized carbons (Fsp3) is 0.500. The molecule has 0 aliphatic heterocycles. The summed E-state index contributed by atoms with van der Waals surface area (Å²) in [7, 11) is 2.02. The molecule has 2 aromatic rings. The first kappa shape index (κ1) is 15.2. The first-order valence-electron chi connectivity index (χ1n) is 7.62. The molecule has 1 saturated carbocycles. The van der Waals surface area contributed by atoms with Gasteiger partial charge in [-0.15, -0.1) is 0 Å². The molecule has 5 nitrogen and oxygen atoms in total. The standard InChI is InChI=1S/C16H21N3O2S/c1-11-7-10-21-14(11)15(20)18-12-3-5-13(6-4-12)22-16-17-8-9-19(16)2/h7-10,12-13H,3-6H2,1-2H3,(H,18,20). The van der Waals surface area contributed by atoms with Crippen LogP contribution in [0.25, 0.3) is 0 Å². The molecule has 1 aliphatic rings. The number of furan rings is 1. The SMILES string of the molecule is Cc1ccoc1C(=O)NC1CCC(Sc2nccn2C)CC1. The number of hydrogen-bond acceptors (Lipinski definition) is 4. The van der Waals surface area contributed by atoms with E-state index in [2.05, 4.69) is 14.9 Å². The Labute approximate surface area is 134 Å². The minimum atomic E-state index is -0.0947. The maximum absolute atomic E-state index is 12.2. The quantitative estimate of drug-likeness (QED) is 0.940. The number of aromatic nitrogens is 2. The van der Waals surface area contributed by atoms with Gasteiger partial charge in [-0.1, -0.05) is 11.8 Å². The third kappa shape index (κ3) is 3.38. The predicted molar refractivity (Wildman–Crippen MR) is 86.0 cm³/mol. The summed E-state index contributed by atoms with van der Waals surface area (Å²) < 4.78 is 7.30. The van der Waals surface area contributed by atoms with Crippen LogP contribution in [-0.2, 0) is 7.05 Å². The molecule has 118 valence electrons. The summed E-state index contributed by atoms with van der Waals surface area (Å²) in [5.41, 5.74) is 0.886. The molecule has 22 heavy (non-hydrogen) atoms. The molecule has 0 bridgehead atoms. The third-order valence-electron chi connectivity index (χ3n) is 4.13. The molecular weight excluding hydrogens is 298 g/mol. The molecule has 1 fully saturated rings. The van der Waals surface area contributed by atoms with Gasteiger partial charge in [0.1, 0.15) is 0 Å². The molecule has 2 heterocycles. The van der Waals surface area contributed by atoms with E-state index in [1.54, 1.807) is 6.26 Å². The van der Waals surface area contributed by atoms with E-state index < -0.39 is 0 Å². The highest BCUT2D eigenvalue weighted by molar-refractivity contribution is 7.99. The van der Waals surface area contributed by atoms with Crippen LogP contribution in [0.1, 0.15) is 41.8 Å². The monoisotopic (exact) mass is 319 g/mol. The summed E-state index contributed by atoms with van der Waals surface area (Å²) in [5.74, 6) is 0.340. The molecule has 0 unspecified atom stereocenters. The molecule has 0 aromatic carbocycles. The average molecular weight is 319 g/mol. The molecule has 0 atom stereocenters. The molecule has 1 N–H and O–H groups in total. The number of nitrogens with zero attached hydrogens (tertiary/aromatic N) is 2. The van der Waals surface area contributed by atoms with Gasteiger partial charge in [0.25, 0.3) is 5.91 Å². The topological polar surface area (TPSA) is 60.1 Å². The van der Waals surface area contributed by atoms with Gasteiger partial charge in [0.15, 0.2) is 10.9 Å². The fourth-order valence-electron chi connectivity index (χ4n) is 2.80. The molecule has 6 heteroatoms. The van der Waals surface area contributed by atoms with Gasteiger partial charge in [0, 0.05) is 36.3 Å². The second-order valence-electron chi connectivity index (χ2n) is 5.82. The summed E-state index contributed by atoms with van der Waals surface area (Å²) in [6.07, 6.45) is 9.57. The number of thioether (sulfide) groups is 1. The van der Waals surface area contributed by atoms with Gasteiger partial charge in [-0.25, -0.2) is 4.98 Å². The number of nitrogens with one attached hydrogen (secondary N) is 1. The van der Waals surface area contributed by atoms with Gasteiger partial charge in [0.05, 0.1) is 6.26 Å². The van der Waals surface area contributed by atoms with E-state index in [4.69, 9.17) is 4.42 Å². The van der Waals surface area contributed by atoms with Gasteiger partial charge in [-0.05, 0) is 38.7 Å². The Morgan fingerprint density at radius 2 is 2.18 bits per heavy atom. The molecule has 0 saturated heterocycles. The van der Waals surface area contributed by atoms with E-state index >= 15 is 0 Å². The van der Waals surface area contributed by atoms with Crippen LogP contribution < -0.4 is 5.32 Å². The largest absolute Gasteiger partial charge is 0.459 e. The van der Waals surface area contributed by atoms with E-state index in [0.29, 0.717) is 11.0 Å². The van der Waals surface area contributed by atoms with E-state index in [1.807, 2.05) is 44.2 Å². The van der Waals surface area contributed by atoms with Crippen molar-refractivity contribution in [3.8, 4) is 0 Å². The molecule has 0 spiro atoms. The number of carbonyl (C=O) groups excluding carboxylic acids is 1. The molecule has 1 amide bonds.